The fraction of sp³-hybridized carbons (Fsp3) is 0.278. The van der Waals surface area contributed by atoms with E-state index >= 15 is 0 Å². The lowest BCUT2D eigenvalue weighted by Gasteiger charge is -2.07. The monoisotopic (exact) mass is 373 g/mol. The maximum atomic E-state index is 12.5. The lowest BCUT2D eigenvalue weighted by atomic mass is 10.2. The van der Waals surface area contributed by atoms with E-state index in [1.807, 2.05) is 42.8 Å². The van der Waals surface area contributed by atoms with Crippen molar-refractivity contribution < 1.29 is 9.53 Å². The Kier molecular flexibility index (Phi) is 5.39. The van der Waals surface area contributed by atoms with E-state index in [0.29, 0.717) is 29.7 Å². The smallest absolute Gasteiger partial charge is 0.276 e. The lowest BCUT2D eigenvalue weighted by molar-refractivity contribution is 0.101. The summed E-state index contributed by atoms with van der Waals surface area (Å²) in [6.45, 7) is 4.69. The Balaban J connectivity index is 1.76. The molecule has 7 nitrogen and oxygen atoms in total. The number of nitrogens with zero attached hydrogens (tertiary/aromatic N) is 4. The van der Waals surface area contributed by atoms with Crippen molar-refractivity contribution in [2.24, 2.45) is 0 Å². The van der Waals surface area contributed by atoms with Crippen LogP contribution in [0.5, 0.6) is 0 Å². The van der Waals surface area contributed by atoms with E-state index in [2.05, 4.69) is 15.5 Å². The summed E-state index contributed by atoms with van der Waals surface area (Å²) in [6.07, 6.45) is 1.70. The second kappa shape index (κ2) is 7.72. The summed E-state index contributed by atoms with van der Waals surface area (Å²) in [5.41, 5.74) is 3.73. The van der Waals surface area contributed by atoms with Crippen LogP contribution in [0.15, 0.2) is 36.5 Å². The van der Waals surface area contributed by atoms with Crippen molar-refractivity contribution in [3.8, 4) is 0 Å². The molecule has 26 heavy (non-hydrogen) atoms. The molecule has 0 aliphatic carbocycles. The second-order valence-electron chi connectivity index (χ2n) is 5.94. The van der Waals surface area contributed by atoms with Gasteiger partial charge in [-0.05, 0) is 37.6 Å². The normalized spacial score (nSPS) is 10.9. The number of aromatic nitrogens is 4. The van der Waals surface area contributed by atoms with Crippen LogP contribution in [-0.4, -0.2) is 32.6 Å². The van der Waals surface area contributed by atoms with Gasteiger partial charge in [0.1, 0.15) is 6.73 Å². The Morgan fingerprint density at radius 3 is 2.62 bits per heavy atom. The van der Waals surface area contributed by atoms with Crippen LogP contribution in [0.2, 0.25) is 5.02 Å². The van der Waals surface area contributed by atoms with E-state index in [1.54, 1.807) is 24.1 Å². The van der Waals surface area contributed by atoms with Gasteiger partial charge in [-0.2, -0.15) is 10.2 Å². The molecule has 136 valence electrons. The molecule has 3 rings (SSSR count). The molecule has 2 aromatic heterocycles. The zero-order valence-electron chi connectivity index (χ0n) is 14.9. The number of carbonyl (C=O) groups is 1. The first-order chi connectivity index (χ1) is 12.5. The summed E-state index contributed by atoms with van der Waals surface area (Å²) in [5.74, 6) is -0.280. The first-order valence-corrected chi connectivity index (χ1v) is 8.48. The Labute approximate surface area is 156 Å². The minimum atomic E-state index is -0.280. The van der Waals surface area contributed by atoms with Gasteiger partial charge in [-0.25, -0.2) is 4.68 Å². The van der Waals surface area contributed by atoms with Gasteiger partial charge in [-0.1, -0.05) is 23.7 Å². The summed E-state index contributed by atoms with van der Waals surface area (Å²) < 4.78 is 8.40. The number of halogens is 1. The molecule has 3 aromatic rings. The molecule has 0 bridgehead atoms. The van der Waals surface area contributed by atoms with Gasteiger partial charge >= 0.3 is 0 Å². The molecule has 0 saturated carbocycles. The summed E-state index contributed by atoms with van der Waals surface area (Å²) >= 11 is 5.93. The van der Waals surface area contributed by atoms with Crippen LogP contribution in [-0.2, 0) is 18.0 Å². The molecule has 0 aliphatic heterocycles. The largest absolute Gasteiger partial charge is 0.362 e. The number of ether oxygens (including phenoxy) is 1. The van der Waals surface area contributed by atoms with E-state index in [0.717, 1.165) is 17.0 Å². The van der Waals surface area contributed by atoms with Gasteiger partial charge in [-0.15, -0.1) is 0 Å². The second-order valence-corrected chi connectivity index (χ2v) is 6.38. The van der Waals surface area contributed by atoms with Crippen LogP contribution in [0.4, 0.5) is 5.69 Å². The number of carbonyl (C=O) groups excluding carboxylic acids is 1. The number of rotatable bonds is 6. The SMILES string of the molecule is COCn1ccc(C(=O)Nc2c(C)nn(Cc3ccc(Cl)cc3)c2C)n1. The third-order valence-corrected chi connectivity index (χ3v) is 4.25. The van der Waals surface area contributed by atoms with E-state index in [4.69, 9.17) is 16.3 Å². The van der Waals surface area contributed by atoms with Gasteiger partial charge in [0.05, 0.1) is 23.6 Å². The summed E-state index contributed by atoms with van der Waals surface area (Å²) in [5, 5.41) is 12.3. The molecule has 0 atom stereocenters. The molecular weight excluding hydrogens is 354 g/mol. The van der Waals surface area contributed by atoms with Crippen molar-refractivity contribution >= 4 is 23.2 Å². The summed E-state index contributed by atoms with van der Waals surface area (Å²) in [7, 11) is 1.57. The van der Waals surface area contributed by atoms with Crippen molar-refractivity contribution in [2.45, 2.75) is 27.1 Å². The van der Waals surface area contributed by atoms with Crippen molar-refractivity contribution in [1.29, 1.82) is 0 Å². The van der Waals surface area contributed by atoms with Crippen LogP contribution in [0.25, 0.3) is 0 Å². The highest BCUT2D eigenvalue weighted by atomic mass is 35.5. The van der Waals surface area contributed by atoms with E-state index in [9.17, 15) is 4.79 Å². The fourth-order valence-corrected chi connectivity index (χ4v) is 2.79. The van der Waals surface area contributed by atoms with Gasteiger partial charge in [0, 0.05) is 18.3 Å². The summed E-state index contributed by atoms with van der Waals surface area (Å²) in [6, 6.07) is 9.26. The standard InChI is InChI=1S/C18H20ClN5O2/c1-12-17(20-18(25)16-8-9-23(22-16)11-26-3)13(2)24(21-12)10-14-4-6-15(19)7-5-14/h4-9H,10-11H2,1-3H3,(H,20,25). The number of methoxy groups -OCH3 is 1. The van der Waals surface area contributed by atoms with E-state index < -0.39 is 0 Å². The first kappa shape index (κ1) is 18.2. The molecule has 1 amide bonds. The molecule has 1 N–H and O–H groups in total. The van der Waals surface area contributed by atoms with Gasteiger partial charge in [-0.3, -0.25) is 9.48 Å². The Hall–Kier alpha value is -2.64. The average Bonchev–Trinajstić information content (AvgIpc) is 3.18. The number of hydrogen-bond acceptors (Lipinski definition) is 4. The maximum absolute atomic E-state index is 12.5. The molecule has 0 fully saturated rings. The predicted octanol–water partition coefficient (Wildman–Crippen LogP) is 3.25. The minimum Gasteiger partial charge on any atom is -0.362 e. The topological polar surface area (TPSA) is 74.0 Å². The first-order valence-electron chi connectivity index (χ1n) is 8.10. The molecule has 8 heteroatoms. The van der Waals surface area contributed by atoms with Crippen LogP contribution < -0.4 is 5.32 Å². The Morgan fingerprint density at radius 1 is 1.19 bits per heavy atom. The minimum absolute atomic E-state index is 0.280. The van der Waals surface area contributed by atoms with Crippen LogP contribution >= 0.6 is 11.6 Å². The quantitative estimate of drug-likeness (QED) is 0.719. The molecular formula is C18H20ClN5O2. The average molecular weight is 374 g/mol. The summed E-state index contributed by atoms with van der Waals surface area (Å²) in [4.78, 5) is 12.5. The molecule has 0 unspecified atom stereocenters. The molecule has 0 spiro atoms. The third kappa shape index (κ3) is 3.95. The molecule has 1 aromatic carbocycles. The number of aryl methyl sites for hydroxylation is 1. The van der Waals surface area contributed by atoms with Crippen molar-refractivity contribution in [1.82, 2.24) is 19.6 Å². The predicted molar refractivity (Wildman–Crippen MR) is 99.4 cm³/mol. The Morgan fingerprint density at radius 2 is 1.92 bits per heavy atom. The highest BCUT2D eigenvalue weighted by Gasteiger charge is 2.17. The third-order valence-electron chi connectivity index (χ3n) is 4.00. The highest BCUT2D eigenvalue weighted by molar-refractivity contribution is 6.30. The van der Waals surface area contributed by atoms with Crippen molar-refractivity contribution in [3.63, 3.8) is 0 Å². The molecule has 0 radical (unpaired) electrons. The highest BCUT2D eigenvalue weighted by Crippen LogP contribution is 2.21. The van der Waals surface area contributed by atoms with E-state index in [1.165, 1.54) is 0 Å². The zero-order chi connectivity index (χ0) is 18.7. The molecule has 0 saturated heterocycles. The van der Waals surface area contributed by atoms with E-state index in [-0.39, 0.29) is 5.91 Å². The molecule has 2 heterocycles. The number of nitrogens with one attached hydrogen (secondary N) is 1. The number of benzene rings is 1. The zero-order valence-corrected chi connectivity index (χ0v) is 15.6. The van der Waals surface area contributed by atoms with Gasteiger partial charge in [0.2, 0.25) is 0 Å². The van der Waals surface area contributed by atoms with Gasteiger partial charge in [0.25, 0.3) is 5.91 Å². The maximum Gasteiger partial charge on any atom is 0.276 e. The van der Waals surface area contributed by atoms with Crippen LogP contribution in [0, 0.1) is 13.8 Å². The van der Waals surface area contributed by atoms with Gasteiger partial charge < -0.3 is 10.1 Å². The van der Waals surface area contributed by atoms with Crippen LogP contribution in [0.3, 0.4) is 0 Å². The van der Waals surface area contributed by atoms with Crippen LogP contribution in [0.1, 0.15) is 27.4 Å². The number of hydrogen-bond donors (Lipinski definition) is 1. The lowest BCUT2D eigenvalue weighted by Crippen LogP contribution is -2.15. The molecule has 0 aliphatic rings. The number of amides is 1. The Bertz CT molecular complexity index is 914. The van der Waals surface area contributed by atoms with Crippen molar-refractivity contribution in [3.05, 3.63) is 64.2 Å². The van der Waals surface area contributed by atoms with Gasteiger partial charge in [0.15, 0.2) is 5.69 Å². The number of anilines is 1. The fourth-order valence-electron chi connectivity index (χ4n) is 2.66. The van der Waals surface area contributed by atoms with Crippen molar-refractivity contribution in [2.75, 3.05) is 12.4 Å².